The summed E-state index contributed by atoms with van der Waals surface area (Å²) in [4.78, 5) is 40.7. The Labute approximate surface area is 194 Å². The molecule has 1 aromatic carbocycles. The van der Waals surface area contributed by atoms with Crippen molar-refractivity contribution in [2.75, 3.05) is 18.5 Å². The van der Waals surface area contributed by atoms with Crippen LogP contribution in [0.4, 0.5) is 5.69 Å². The van der Waals surface area contributed by atoms with Gasteiger partial charge in [-0.3, -0.25) is 4.79 Å². The molecule has 0 saturated heterocycles. The van der Waals surface area contributed by atoms with Crippen LogP contribution in [0.2, 0.25) is 0 Å². The molecule has 10 heteroatoms. The van der Waals surface area contributed by atoms with Crippen LogP contribution in [0.25, 0.3) is 0 Å². The van der Waals surface area contributed by atoms with Gasteiger partial charge in [0.25, 0.3) is 5.91 Å². The number of hydrogen-bond acceptors (Lipinski definition) is 9. The van der Waals surface area contributed by atoms with E-state index >= 15 is 0 Å². The van der Waals surface area contributed by atoms with Crippen LogP contribution in [0.3, 0.4) is 0 Å². The molecule has 0 fully saturated rings. The van der Waals surface area contributed by atoms with Crippen molar-refractivity contribution in [1.29, 1.82) is 0 Å². The van der Waals surface area contributed by atoms with E-state index in [1.54, 1.807) is 37.4 Å². The van der Waals surface area contributed by atoms with Crippen LogP contribution >= 0.6 is 11.8 Å². The summed E-state index contributed by atoms with van der Waals surface area (Å²) in [7, 11) is 0. The molecule has 33 heavy (non-hydrogen) atoms. The molecule has 0 aliphatic heterocycles. The Morgan fingerprint density at radius 1 is 1.06 bits per heavy atom. The molecule has 0 unspecified atom stereocenters. The third-order valence-corrected chi connectivity index (χ3v) is 5.57. The molecular weight excluding hydrogens is 446 g/mol. The van der Waals surface area contributed by atoms with Crippen molar-refractivity contribution < 1.29 is 28.4 Å². The zero-order valence-electron chi connectivity index (χ0n) is 18.4. The predicted octanol–water partition coefficient (Wildman–Crippen LogP) is 3.95. The van der Waals surface area contributed by atoms with Gasteiger partial charge in [-0.2, -0.15) is 0 Å². The zero-order chi connectivity index (χ0) is 23.8. The minimum atomic E-state index is -0.655. The van der Waals surface area contributed by atoms with Crippen molar-refractivity contribution in [1.82, 2.24) is 10.1 Å². The van der Waals surface area contributed by atoms with Gasteiger partial charge in [-0.1, -0.05) is 5.16 Å². The molecule has 1 amide bonds. The van der Waals surface area contributed by atoms with E-state index in [1.807, 2.05) is 13.8 Å². The summed E-state index contributed by atoms with van der Waals surface area (Å²) in [5.41, 5.74) is 2.83. The van der Waals surface area contributed by atoms with Crippen LogP contribution in [-0.2, 0) is 20.0 Å². The molecule has 9 nitrogen and oxygen atoms in total. The average Bonchev–Trinajstić information content (AvgIpc) is 3.14. The molecule has 172 valence electrons. The normalized spacial score (nSPS) is 10.5. The van der Waals surface area contributed by atoms with Crippen molar-refractivity contribution in [3.05, 3.63) is 70.7 Å². The molecule has 1 N–H and O–H groups in total. The van der Waals surface area contributed by atoms with Crippen LogP contribution in [0.15, 0.2) is 52.1 Å². The number of nitrogens with zero attached hydrogens (tertiary/aromatic N) is 2. The van der Waals surface area contributed by atoms with E-state index in [0.29, 0.717) is 27.8 Å². The standard InChI is InChI=1S/C23H23N3O6S/c1-4-30-22(28)16-7-9-17(10-8-16)25-20(27)12-31-23(29)18-6-5-11-24-21(18)33-13-19-14(2)26-32-15(19)3/h5-11H,4,12-13H2,1-3H3,(H,25,27). The fraction of sp³-hybridized carbons (Fsp3) is 0.261. The molecule has 0 spiro atoms. The first-order valence-electron chi connectivity index (χ1n) is 10.1. The van der Waals surface area contributed by atoms with E-state index in [2.05, 4.69) is 15.5 Å². The number of pyridine rings is 1. The molecule has 0 bridgehead atoms. The lowest BCUT2D eigenvalue weighted by molar-refractivity contribution is -0.119. The second-order valence-electron chi connectivity index (χ2n) is 6.87. The highest BCUT2D eigenvalue weighted by Gasteiger charge is 2.18. The second-order valence-corrected chi connectivity index (χ2v) is 7.83. The van der Waals surface area contributed by atoms with Crippen molar-refractivity contribution in [2.24, 2.45) is 0 Å². The SMILES string of the molecule is CCOC(=O)c1ccc(NC(=O)COC(=O)c2cccnc2SCc2c(C)noc2C)cc1. The summed E-state index contributed by atoms with van der Waals surface area (Å²) in [5.74, 6) is -0.366. The highest BCUT2D eigenvalue weighted by Crippen LogP contribution is 2.27. The van der Waals surface area contributed by atoms with Crippen molar-refractivity contribution in [2.45, 2.75) is 31.6 Å². The predicted molar refractivity (Wildman–Crippen MR) is 121 cm³/mol. The maximum atomic E-state index is 12.6. The highest BCUT2D eigenvalue weighted by atomic mass is 32.2. The van der Waals surface area contributed by atoms with E-state index in [9.17, 15) is 14.4 Å². The van der Waals surface area contributed by atoms with Crippen molar-refractivity contribution in [3.8, 4) is 0 Å². The summed E-state index contributed by atoms with van der Waals surface area (Å²) in [6.07, 6.45) is 1.58. The topological polar surface area (TPSA) is 121 Å². The van der Waals surface area contributed by atoms with Crippen molar-refractivity contribution in [3.63, 3.8) is 0 Å². The van der Waals surface area contributed by atoms with Crippen LogP contribution < -0.4 is 5.32 Å². The number of rotatable bonds is 9. The molecule has 3 rings (SSSR count). The van der Waals surface area contributed by atoms with E-state index in [0.717, 1.165) is 11.3 Å². The average molecular weight is 470 g/mol. The third kappa shape index (κ3) is 6.42. The van der Waals surface area contributed by atoms with Crippen LogP contribution in [0, 0.1) is 13.8 Å². The first-order valence-corrected chi connectivity index (χ1v) is 11.1. The Morgan fingerprint density at radius 3 is 2.48 bits per heavy atom. The highest BCUT2D eigenvalue weighted by molar-refractivity contribution is 7.98. The second kappa shape index (κ2) is 11.3. The van der Waals surface area contributed by atoms with Gasteiger partial charge < -0.3 is 19.3 Å². The molecule has 0 radical (unpaired) electrons. The van der Waals surface area contributed by atoms with E-state index < -0.39 is 24.5 Å². The maximum Gasteiger partial charge on any atom is 0.341 e. The lowest BCUT2D eigenvalue weighted by Crippen LogP contribution is -2.21. The van der Waals surface area contributed by atoms with Crippen LogP contribution in [0.5, 0.6) is 0 Å². The summed E-state index contributed by atoms with van der Waals surface area (Å²) < 4.78 is 15.3. The Balaban J connectivity index is 1.55. The number of nitrogens with one attached hydrogen (secondary N) is 1. The van der Waals surface area contributed by atoms with Gasteiger partial charge >= 0.3 is 11.9 Å². The monoisotopic (exact) mass is 469 g/mol. The van der Waals surface area contributed by atoms with Crippen LogP contribution in [0.1, 0.15) is 44.7 Å². The van der Waals surface area contributed by atoms with Gasteiger partial charge in [0.05, 0.1) is 23.4 Å². The lowest BCUT2D eigenvalue weighted by atomic mass is 10.2. The molecular formula is C23H23N3O6S. The molecule has 0 aliphatic rings. The van der Waals surface area contributed by atoms with E-state index in [4.69, 9.17) is 14.0 Å². The molecule has 0 saturated carbocycles. The number of benzene rings is 1. The van der Waals surface area contributed by atoms with E-state index in [1.165, 1.54) is 23.9 Å². The van der Waals surface area contributed by atoms with Gasteiger partial charge in [0, 0.05) is 23.2 Å². The maximum absolute atomic E-state index is 12.6. The van der Waals surface area contributed by atoms with Gasteiger partial charge in [-0.25, -0.2) is 14.6 Å². The van der Waals surface area contributed by atoms with Gasteiger partial charge in [0.2, 0.25) is 0 Å². The molecule has 0 aliphatic carbocycles. The number of esters is 2. The quantitative estimate of drug-likeness (QED) is 0.367. The minimum Gasteiger partial charge on any atom is -0.462 e. The first kappa shape index (κ1) is 24.0. The summed E-state index contributed by atoms with van der Waals surface area (Å²) in [6.45, 7) is 5.20. The smallest absolute Gasteiger partial charge is 0.341 e. The molecule has 2 heterocycles. The molecule has 3 aromatic rings. The Kier molecular flexibility index (Phi) is 8.20. The number of thioether (sulfide) groups is 1. The number of anilines is 1. The number of ether oxygens (including phenoxy) is 2. The fourth-order valence-electron chi connectivity index (χ4n) is 2.82. The minimum absolute atomic E-state index is 0.265. The number of aryl methyl sites for hydroxylation is 2. The summed E-state index contributed by atoms with van der Waals surface area (Å²) in [6, 6.07) is 9.43. The first-order chi connectivity index (χ1) is 15.9. The Hall–Kier alpha value is -3.66. The zero-order valence-corrected chi connectivity index (χ0v) is 19.2. The summed E-state index contributed by atoms with van der Waals surface area (Å²) >= 11 is 1.36. The Morgan fingerprint density at radius 2 is 1.82 bits per heavy atom. The largest absolute Gasteiger partial charge is 0.462 e. The van der Waals surface area contributed by atoms with Gasteiger partial charge in [0.15, 0.2) is 6.61 Å². The number of carbonyl (C=O) groups excluding carboxylic acids is 3. The van der Waals surface area contributed by atoms with Gasteiger partial charge in [-0.15, -0.1) is 11.8 Å². The van der Waals surface area contributed by atoms with Gasteiger partial charge in [-0.05, 0) is 57.2 Å². The lowest BCUT2D eigenvalue weighted by Gasteiger charge is -2.09. The molecule has 0 atom stereocenters. The van der Waals surface area contributed by atoms with Crippen LogP contribution in [-0.4, -0.2) is 41.2 Å². The molecule has 2 aromatic heterocycles. The number of amides is 1. The van der Waals surface area contributed by atoms with Crippen molar-refractivity contribution >= 4 is 35.3 Å². The third-order valence-electron chi connectivity index (χ3n) is 4.54. The number of hydrogen-bond donors (Lipinski definition) is 1. The van der Waals surface area contributed by atoms with E-state index in [-0.39, 0.29) is 12.2 Å². The Bertz CT molecular complexity index is 1120. The number of carbonyl (C=O) groups is 3. The fourth-order valence-corrected chi connectivity index (χ4v) is 3.96. The number of aromatic nitrogens is 2. The van der Waals surface area contributed by atoms with Gasteiger partial charge in [0.1, 0.15) is 10.8 Å². The summed E-state index contributed by atoms with van der Waals surface area (Å²) in [5, 5.41) is 7.02.